The highest BCUT2D eigenvalue weighted by Gasteiger charge is 2.35. The zero-order chi connectivity index (χ0) is 23.2. The highest BCUT2D eigenvalue weighted by Crippen LogP contribution is 2.45. The number of carboxylic acid groups (broad SMARTS) is 1. The summed E-state index contributed by atoms with van der Waals surface area (Å²) in [4.78, 5) is 17.2. The van der Waals surface area contributed by atoms with E-state index < -0.39 is 5.97 Å². The van der Waals surface area contributed by atoms with Crippen LogP contribution in [0.15, 0.2) is 36.4 Å². The SMILES string of the molecule is COc1cc(/C=C2\CC(C(C)(C)C)Cc3c2nc2ccccc2c3C(=O)O)cc(O)c1O. The molecule has 0 saturated heterocycles. The van der Waals surface area contributed by atoms with Crippen molar-refractivity contribution in [1.29, 1.82) is 0 Å². The Morgan fingerprint density at radius 2 is 1.88 bits per heavy atom. The van der Waals surface area contributed by atoms with Crippen LogP contribution in [0.5, 0.6) is 17.2 Å². The molecule has 0 fully saturated rings. The summed E-state index contributed by atoms with van der Waals surface area (Å²) in [5.41, 5.74) is 3.83. The van der Waals surface area contributed by atoms with Gasteiger partial charge in [-0.2, -0.15) is 0 Å². The van der Waals surface area contributed by atoms with E-state index in [-0.39, 0.29) is 28.6 Å². The minimum absolute atomic E-state index is 0.0486. The van der Waals surface area contributed by atoms with Gasteiger partial charge in [0.05, 0.1) is 23.9 Å². The van der Waals surface area contributed by atoms with Gasteiger partial charge in [-0.15, -0.1) is 0 Å². The van der Waals surface area contributed by atoms with Gasteiger partial charge in [0.15, 0.2) is 11.5 Å². The van der Waals surface area contributed by atoms with Crippen molar-refractivity contribution in [2.75, 3.05) is 7.11 Å². The topological polar surface area (TPSA) is 99.9 Å². The van der Waals surface area contributed by atoms with Crippen LogP contribution in [-0.2, 0) is 6.42 Å². The van der Waals surface area contributed by atoms with Gasteiger partial charge in [-0.3, -0.25) is 0 Å². The van der Waals surface area contributed by atoms with Crippen molar-refractivity contribution in [2.24, 2.45) is 11.3 Å². The lowest BCUT2D eigenvalue weighted by Crippen LogP contribution is -2.28. The highest BCUT2D eigenvalue weighted by atomic mass is 16.5. The molecule has 1 aromatic heterocycles. The standard InChI is InChI=1S/C26H27NO5/c1-26(2,3)16-12-15(9-14-10-20(28)24(29)21(11-14)32-4)23-18(13-16)22(25(30)31)17-7-5-6-8-19(17)27-23/h5-11,16,28-29H,12-13H2,1-4H3,(H,30,31)/b15-9+. The molecule has 0 bridgehead atoms. The fourth-order valence-corrected chi connectivity index (χ4v) is 4.43. The lowest BCUT2D eigenvalue weighted by atomic mass is 9.69. The van der Waals surface area contributed by atoms with Crippen molar-refractivity contribution < 1.29 is 24.9 Å². The van der Waals surface area contributed by atoms with Crippen molar-refractivity contribution in [1.82, 2.24) is 4.98 Å². The third-order valence-electron chi connectivity index (χ3n) is 6.29. The Morgan fingerprint density at radius 1 is 1.16 bits per heavy atom. The Balaban J connectivity index is 2.00. The molecule has 0 spiro atoms. The molecule has 3 aromatic rings. The molecule has 6 heteroatoms. The van der Waals surface area contributed by atoms with Gasteiger partial charge >= 0.3 is 5.97 Å². The number of aromatic hydroxyl groups is 2. The zero-order valence-corrected chi connectivity index (χ0v) is 18.6. The number of carboxylic acids is 1. The number of fused-ring (bicyclic) bond motifs is 2. The van der Waals surface area contributed by atoms with Crippen LogP contribution in [0, 0.1) is 11.3 Å². The molecule has 0 radical (unpaired) electrons. The maximum absolute atomic E-state index is 12.3. The fraction of sp³-hybridized carbons (Fsp3) is 0.308. The Labute approximate surface area is 186 Å². The summed E-state index contributed by atoms with van der Waals surface area (Å²) in [7, 11) is 1.42. The first-order chi connectivity index (χ1) is 15.1. The minimum atomic E-state index is -0.960. The summed E-state index contributed by atoms with van der Waals surface area (Å²) in [5.74, 6) is -1.19. The van der Waals surface area contributed by atoms with E-state index in [9.17, 15) is 20.1 Å². The van der Waals surface area contributed by atoms with Gasteiger partial charge in [0.1, 0.15) is 0 Å². The lowest BCUT2D eigenvalue weighted by molar-refractivity contribution is 0.0696. The molecule has 0 saturated carbocycles. The maximum Gasteiger partial charge on any atom is 0.336 e. The second-order valence-corrected chi connectivity index (χ2v) is 9.37. The molecule has 3 N–H and O–H groups in total. The number of methoxy groups -OCH3 is 1. The second kappa shape index (κ2) is 7.86. The molecule has 32 heavy (non-hydrogen) atoms. The summed E-state index contributed by atoms with van der Waals surface area (Å²) in [6, 6.07) is 10.4. The van der Waals surface area contributed by atoms with Gasteiger partial charge in [0, 0.05) is 5.39 Å². The van der Waals surface area contributed by atoms with E-state index in [1.165, 1.54) is 13.2 Å². The zero-order valence-electron chi connectivity index (χ0n) is 18.6. The first-order valence-corrected chi connectivity index (χ1v) is 10.6. The first kappa shape index (κ1) is 21.7. The molecule has 0 amide bonds. The number of phenols is 2. The van der Waals surface area contributed by atoms with Crippen LogP contribution in [0.4, 0.5) is 0 Å². The number of allylic oxidation sites excluding steroid dienone is 1. The fourth-order valence-electron chi connectivity index (χ4n) is 4.43. The van der Waals surface area contributed by atoms with Crippen molar-refractivity contribution >= 4 is 28.5 Å². The number of ether oxygens (including phenoxy) is 1. The number of phenolic OH excluding ortho intramolecular Hbond substituents is 2. The molecule has 166 valence electrons. The molecule has 1 atom stereocenters. The molecule has 4 rings (SSSR count). The number of aromatic carboxylic acids is 1. The van der Waals surface area contributed by atoms with Crippen LogP contribution in [0.2, 0.25) is 0 Å². The molecule has 2 aromatic carbocycles. The predicted molar refractivity (Wildman–Crippen MR) is 124 cm³/mol. The predicted octanol–water partition coefficient (Wildman–Crippen LogP) is 5.50. The summed E-state index contributed by atoms with van der Waals surface area (Å²) >= 11 is 0. The van der Waals surface area contributed by atoms with E-state index in [0.717, 1.165) is 11.1 Å². The van der Waals surface area contributed by atoms with E-state index in [2.05, 4.69) is 20.8 Å². The van der Waals surface area contributed by atoms with E-state index in [4.69, 9.17) is 9.72 Å². The van der Waals surface area contributed by atoms with Crippen LogP contribution in [0.1, 0.15) is 54.4 Å². The minimum Gasteiger partial charge on any atom is -0.504 e. The van der Waals surface area contributed by atoms with Gasteiger partial charge in [-0.05, 0) is 65.1 Å². The van der Waals surface area contributed by atoms with Crippen LogP contribution in [0.3, 0.4) is 0 Å². The molecule has 1 aliphatic rings. The summed E-state index contributed by atoms with van der Waals surface area (Å²) in [5, 5.41) is 30.9. The van der Waals surface area contributed by atoms with E-state index in [1.807, 2.05) is 24.3 Å². The smallest absolute Gasteiger partial charge is 0.336 e. The molecular formula is C26H27NO5. The van der Waals surface area contributed by atoms with Gasteiger partial charge in [-0.25, -0.2) is 9.78 Å². The normalized spacial score (nSPS) is 17.4. The Bertz CT molecular complexity index is 1250. The summed E-state index contributed by atoms with van der Waals surface area (Å²) in [6.07, 6.45) is 3.23. The number of hydrogen-bond acceptors (Lipinski definition) is 5. The van der Waals surface area contributed by atoms with Crippen molar-refractivity contribution in [3.05, 3.63) is 58.8 Å². The maximum atomic E-state index is 12.3. The third-order valence-corrected chi connectivity index (χ3v) is 6.29. The third kappa shape index (κ3) is 3.77. The Kier molecular flexibility index (Phi) is 5.33. The highest BCUT2D eigenvalue weighted by molar-refractivity contribution is 6.06. The first-order valence-electron chi connectivity index (χ1n) is 10.6. The van der Waals surface area contributed by atoms with Crippen LogP contribution in [-0.4, -0.2) is 33.4 Å². The molecule has 1 aliphatic carbocycles. The number of pyridine rings is 1. The van der Waals surface area contributed by atoms with Crippen molar-refractivity contribution in [2.45, 2.75) is 33.6 Å². The average molecular weight is 434 g/mol. The monoisotopic (exact) mass is 433 g/mol. The van der Waals surface area contributed by atoms with E-state index in [1.54, 1.807) is 12.1 Å². The Hall–Kier alpha value is -3.54. The van der Waals surface area contributed by atoms with Crippen molar-refractivity contribution in [3.8, 4) is 17.2 Å². The van der Waals surface area contributed by atoms with Gasteiger partial charge in [0.2, 0.25) is 5.75 Å². The van der Waals surface area contributed by atoms with Crippen LogP contribution < -0.4 is 4.74 Å². The number of rotatable bonds is 3. The number of para-hydroxylation sites is 1. The van der Waals surface area contributed by atoms with Crippen molar-refractivity contribution in [3.63, 3.8) is 0 Å². The van der Waals surface area contributed by atoms with Gasteiger partial charge < -0.3 is 20.1 Å². The second-order valence-electron chi connectivity index (χ2n) is 9.37. The lowest BCUT2D eigenvalue weighted by Gasteiger charge is -2.36. The van der Waals surface area contributed by atoms with Gasteiger partial charge in [0.25, 0.3) is 0 Å². The molecule has 1 unspecified atom stereocenters. The molecule has 1 heterocycles. The number of benzene rings is 2. The molecule has 0 aliphatic heterocycles. The van der Waals surface area contributed by atoms with E-state index in [0.29, 0.717) is 40.6 Å². The largest absolute Gasteiger partial charge is 0.504 e. The van der Waals surface area contributed by atoms with Crippen LogP contribution in [0.25, 0.3) is 22.6 Å². The summed E-state index contributed by atoms with van der Waals surface area (Å²) in [6.45, 7) is 6.47. The van der Waals surface area contributed by atoms with E-state index >= 15 is 0 Å². The molecule has 6 nitrogen and oxygen atoms in total. The van der Waals surface area contributed by atoms with Gasteiger partial charge in [-0.1, -0.05) is 39.0 Å². The average Bonchev–Trinajstić information content (AvgIpc) is 2.73. The summed E-state index contributed by atoms with van der Waals surface area (Å²) < 4.78 is 5.18. The molecular weight excluding hydrogens is 406 g/mol. The number of carbonyl (C=O) groups is 1. The number of hydrogen-bond donors (Lipinski definition) is 3. The quantitative estimate of drug-likeness (QED) is 0.472. The number of aromatic nitrogens is 1. The van der Waals surface area contributed by atoms with Crippen LogP contribution >= 0.6 is 0 Å². The number of nitrogens with zero attached hydrogens (tertiary/aromatic N) is 1. The Morgan fingerprint density at radius 3 is 2.53 bits per heavy atom.